The second-order valence-corrected chi connectivity index (χ2v) is 4.06. The van der Waals surface area contributed by atoms with E-state index in [0.29, 0.717) is 0 Å². The summed E-state index contributed by atoms with van der Waals surface area (Å²) in [5.41, 5.74) is 0.988. The normalized spacial score (nSPS) is 26.9. The molecule has 1 aliphatic rings. The van der Waals surface area contributed by atoms with Gasteiger partial charge in [-0.3, -0.25) is 0 Å². The number of hydrogen-bond donors (Lipinski definition) is 1. The Balaban J connectivity index is 2.15. The highest BCUT2D eigenvalue weighted by molar-refractivity contribution is 6.21. The summed E-state index contributed by atoms with van der Waals surface area (Å²) < 4.78 is 4.98. The number of ether oxygens (including phenoxy) is 1. The van der Waals surface area contributed by atoms with Crippen LogP contribution in [0.15, 0.2) is 30.3 Å². The maximum absolute atomic E-state index is 11.0. The van der Waals surface area contributed by atoms with Gasteiger partial charge in [-0.15, -0.1) is 11.6 Å². The van der Waals surface area contributed by atoms with E-state index in [-0.39, 0.29) is 17.5 Å². The monoisotopic (exact) mass is 225 g/mol. The van der Waals surface area contributed by atoms with Crippen molar-refractivity contribution in [3.8, 4) is 0 Å². The van der Waals surface area contributed by atoms with Crippen molar-refractivity contribution < 1.29 is 9.53 Å². The number of alkyl halides is 1. The van der Waals surface area contributed by atoms with Crippen molar-refractivity contribution in [1.82, 2.24) is 5.32 Å². The van der Waals surface area contributed by atoms with E-state index in [9.17, 15) is 4.79 Å². The molecule has 80 valence electrons. The highest BCUT2D eigenvalue weighted by atomic mass is 35.5. The molecule has 0 bridgehead atoms. The first-order valence-electron chi connectivity index (χ1n) is 4.84. The van der Waals surface area contributed by atoms with Gasteiger partial charge < -0.3 is 10.1 Å². The highest BCUT2D eigenvalue weighted by Gasteiger charge is 2.36. The molecule has 1 amide bonds. The SMILES string of the molecule is C[C@H]1OC(=O)N[C@@H]1[C@@H](Cl)c1ccccc1. The first-order chi connectivity index (χ1) is 7.18. The summed E-state index contributed by atoms with van der Waals surface area (Å²) >= 11 is 6.28. The minimum Gasteiger partial charge on any atom is -0.444 e. The molecule has 1 saturated heterocycles. The number of amides is 1. The molecule has 0 unspecified atom stereocenters. The number of nitrogens with one attached hydrogen (secondary N) is 1. The number of halogens is 1. The third-order valence-electron chi connectivity index (χ3n) is 2.52. The maximum Gasteiger partial charge on any atom is 0.407 e. The van der Waals surface area contributed by atoms with Crippen molar-refractivity contribution in [3.63, 3.8) is 0 Å². The molecular formula is C11H12ClNO2. The van der Waals surface area contributed by atoms with Gasteiger partial charge in [-0.2, -0.15) is 0 Å². The van der Waals surface area contributed by atoms with Crippen molar-refractivity contribution in [2.75, 3.05) is 0 Å². The molecule has 0 aliphatic carbocycles. The summed E-state index contributed by atoms with van der Waals surface area (Å²) in [6.45, 7) is 1.83. The Kier molecular flexibility index (Phi) is 2.82. The first kappa shape index (κ1) is 10.3. The van der Waals surface area contributed by atoms with Crippen molar-refractivity contribution in [3.05, 3.63) is 35.9 Å². The molecular weight excluding hydrogens is 214 g/mol. The van der Waals surface area contributed by atoms with Crippen LogP contribution in [0.5, 0.6) is 0 Å². The third kappa shape index (κ3) is 2.07. The molecule has 2 rings (SSSR count). The predicted molar refractivity (Wildman–Crippen MR) is 57.9 cm³/mol. The summed E-state index contributed by atoms with van der Waals surface area (Å²) in [6, 6.07) is 9.49. The first-order valence-corrected chi connectivity index (χ1v) is 5.28. The Morgan fingerprint density at radius 1 is 1.40 bits per heavy atom. The molecule has 4 heteroatoms. The molecule has 0 saturated carbocycles. The quantitative estimate of drug-likeness (QED) is 0.786. The molecule has 1 aromatic carbocycles. The van der Waals surface area contributed by atoms with E-state index in [1.807, 2.05) is 37.3 Å². The Morgan fingerprint density at radius 3 is 2.60 bits per heavy atom. The fourth-order valence-electron chi connectivity index (χ4n) is 1.68. The lowest BCUT2D eigenvalue weighted by Crippen LogP contribution is -2.34. The van der Waals surface area contributed by atoms with Gasteiger partial charge in [0.15, 0.2) is 0 Å². The summed E-state index contributed by atoms with van der Waals surface area (Å²) in [6.07, 6.45) is -0.589. The average Bonchev–Trinajstić information content (AvgIpc) is 2.58. The van der Waals surface area contributed by atoms with Crippen LogP contribution in [0.2, 0.25) is 0 Å². The zero-order chi connectivity index (χ0) is 10.8. The standard InChI is InChI=1S/C11H12ClNO2/c1-7-10(13-11(14)15-7)9(12)8-5-3-2-4-6-8/h2-7,9-10H,1H3,(H,13,14)/t7-,9+,10+/m1/s1. The van der Waals surface area contributed by atoms with E-state index in [4.69, 9.17) is 16.3 Å². The van der Waals surface area contributed by atoms with Crippen molar-refractivity contribution in [2.24, 2.45) is 0 Å². The minimum atomic E-state index is -0.394. The lowest BCUT2D eigenvalue weighted by Gasteiger charge is -2.19. The van der Waals surface area contributed by atoms with Gasteiger partial charge in [-0.1, -0.05) is 30.3 Å². The van der Waals surface area contributed by atoms with Gasteiger partial charge in [0.25, 0.3) is 0 Å². The van der Waals surface area contributed by atoms with Crippen LogP contribution >= 0.6 is 11.6 Å². The molecule has 0 radical (unpaired) electrons. The molecule has 0 aromatic heterocycles. The fourth-order valence-corrected chi connectivity index (χ4v) is 2.10. The number of alkyl carbamates (subject to hydrolysis) is 1. The topological polar surface area (TPSA) is 38.3 Å². The second-order valence-electron chi connectivity index (χ2n) is 3.59. The number of carbonyl (C=O) groups is 1. The molecule has 1 fully saturated rings. The molecule has 3 atom stereocenters. The largest absolute Gasteiger partial charge is 0.444 e. The number of rotatable bonds is 2. The minimum absolute atomic E-state index is 0.165. The molecule has 0 spiro atoms. The van der Waals surface area contributed by atoms with Gasteiger partial charge in [0.2, 0.25) is 0 Å². The highest BCUT2D eigenvalue weighted by Crippen LogP contribution is 2.29. The van der Waals surface area contributed by atoms with Crippen LogP contribution in [0.3, 0.4) is 0 Å². The lowest BCUT2D eigenvalue weighted by atomic mass is 10.0. The smallest absolute Gasteiger partial charge is 0.407 e. The van der Waals surface area contributed by atoms with Gasteiger partial charge in [-0.05, 0) is 12.5 Å². The molecule has 15 heavy (non-hydrogen) atoms. The second kappa shape index (κ2) is 4.11. The van der Waals surface area contributed by atoms with Gasteiger partial charge in [0.05, 0.1) is 11.4 Å². The zero-order valence-electron chi connectivity index (χ0n) is 8.31. The van der Waals surface area contributed by atoms with Crippen LogP contribution in [0.1, 0.15) is 17.9 Å². The number of cyclic esters (lactones) is 1. The van der Waals surface area contributed by atoms with Crippen LogP contribution < -0.4 is 5.32 Å². The Hall–Kier alpha value is -1.22. The summed E-state index contributed by atoms with van der Waals surface area (Å²) in [5.74, 6) is 0. The summed E-state index contributed by atoms with van der Waals surface area (Å²) in [7, 11) is 0. The number of hydrogen-bond acceptors (Lipinski definition) is 2. The Bertz CT molecular complexity index is 355. The summed E-state index contributed by atoms with van der Waals surface area (Å²) in [4.78, 5) is 11.0. The van der Waals surface area contributed by atoms with E-state index < -0.39 is 6.09 Å². The van der Waals surface area contributed by atoms with Gasteiger partial charge >= 0.3 is 6.09 Å². The fraction of sp³-hybridized carbons (Fsp3) is 0.364. The molecule has 1 aliphatic heterocycles. The Labute approximate surface area is 93.4 Å². The van der Waals surface area contributed by atoms with Crippen molar-refractivity contribution >= 4 is 17.7 Å². The van der Waals surface area contributed by atoms with Crippen LogP contribution in [0.4, 0.5) is 4.79 Å². The van der Waals surface area contributed by atoms with E-state index in [1.165, 1.54) is 0 Å². The average molecular weight is 226 g/mol. The maximum atomic E-state index is 11.0. The van der Waals surface area contributed by atoms with E-state index in [2.05, 4.69) is 5.32 Å². The number of carbonyl (C=O) groups excluding carboxylic acids is 1. The van der Waals surface area contributed by atoms with Crippen molar-refractivity contribution in [1.29, 1.82) is 0 Å². The Morgan fingerprint density at radius 2 is 2.07 bits per heavy atom. The van der Waals surface area contributed by atoms with Gasteiger partial charge in [-0.25, -0.2) is 4.79 Å². The molecule has 1 heterocycles. The van der Waals surface area contributed by atoms with Crippen LogP contribution in [0.25, 0.3) is 0 Å². The molecule has 1 aromatic rings. The van der Waals surface area contributed by atoms with Crippen LogP contribution in [-0.2, 0) is 4.74 Å². The molecule has 1 N–H and O–H groups in total. The zero-order valence-corrected chi connectivity index (χ0v) is 9.07. The lowest BCUT2D eigenvalue weighted by molar-refractivity contribution is 0.140. The van der Waals surface area contributed by atoms with Gasteiger partial charge in [0.1, 0.15) is 6.10 Å². The summed E-state index contributed by atoms with van der Waals surface area (Å²) in [5, 5.41) is 2.45. The van der Waals surface area contributed by atoms with E-state index in [1.54, 1.807) is 0 Å². The predicted octanol–water partition coefficient (Wildman–Crippen LogP) is 2.46. The molecule has 3 nitrogen and oxygen atoms in total. The van der Waals surface area contributed by atoms with Crippen LogP contribution in [0, 0.1) is 0 Å². The van der Waals surface area contributed by atoms with Gasteiger partial charge in [0, 0.05) is 0 Å². The van der Waals surface area contributed by atoms with E-state index in [0.717, 1.165) is 5.56 Å². The van der Waals surface area contributed by atoms with Crippen LogP contribution in [-0.4, -0.2) is 18.2 Å². The third-order valence-corrected chi connectivity index (χ3v) is 3.04. The van der Waals surface area contributed by atoms with E-state index >= 15 is 0 Å². The van der Waals surface area contributed by atoms with Crippen molar-refractivity contribution in [2.45, 2.75) is 24.4 Å². The number of benzene rings is 1.